The molecule has 0 bridgehead atoms. The van der Waals surface area contributed by atoms with Crippen molar-refractivity contribution in [2.24, 2.45) is 11.8 Å². The van der Waals surface area contributed by atoms with Crippen LogP contribution in [0.4, 0.5) is 5.69 Å². The number of rotatable bonds is 6. The van der Waals surface area contributed by atoms with Crippen LogP contribution in [0.3, 0.4) is 0 Å². The quantitative estimate of drug-likeness (QED) is 0.832. The average molecular weight is 331 g/mol. The second-order valence-corrected chi connectivity index (χ2v) is 5.66. The number of anilines is 1. The molecule has 2 atom stereocenters. The summed E-state index contributed by atoms with van der Waals surface area (Å²) in [5.74, 6) is -0.684. The minimum atomic E-state index is -0.915. The minimum Gasteiger partial charge on any atom is -0.485 e. The van der Waals surface area contributed by atoms with Crippen molar-refractivity contribution in [3.05, 3.63) is 36.0 Å². The number of amides is 1. The van der Waals surface area contributed by atoms with Crippen LogP contribution in [0.5, 0.6) is 5.75 Å². The van der Waals surface area contributed by atoms with Gasteiger partial charge in [-0.2, -0.15) is 4.98 Å². The van der Waals surface area contributed by atoms with Crippen LogP contribution >= 0.6 is 0 Å². The summed E-state index contributed by atoms with van der Waals surface area (Å²) in [6.07, 6.45) is 1.16. The van der Waals surface area contributed by atoms with Crippen LogP contribution < -0.4 is 10.1 Å². The molecule has 0 saturated heterocycles. The molecule has 0 aliphatic heterocycles. The molecule has 1 aromatic carbocycles. The molecule has 1 aliphatic rings. The van der Waals surface area contributed by atoms with Crippen LogP contribution in [-0.4, -0.2) is 27.1 Å². The highest BCUT2D eigenvalue weighted by Gasteiger charge is 2.41. The highest BCUT2D eigenvalue weighted by molar-refractivity contribution is 5.96. The Morgan fingerprint density at radius 2 is 2.00 bits per heavy atom. The van der Waals surface area contributed by atoms with Crippen molar-refractivity contribution in [2.45, 2.75) is 26.4 Å². The number of aryl methyl sites for hydroxylation is 1. The summed E-state index contributed by atoms with van der Waals surface area (Å²) < 4.78 is 10.4. The number of carbonyl (C=O) groups excluding carboxylic acids is 1. The number of aromatic nitrogens is 2. The number of hydrogen-bond donors (Lipinski definition) is 2. The number of carboxylic acid groups (broad SMARTS) is 1. The zero-order valence-electron chi connectivity index (χ0n) is 13.1. The number of nitrogens with zero attached hydrogens (tertiary/aromatic N) is 2. The number of aliphatic carboxylic acids is 1. The molecule has 1 aromatic heterocycles. The third kappa shape index (κ3) is 3.53. The van der Waals surface area contributed by atoms with Crippen LogP contribution in [-0.2, 0) is 16.2 Å². The van der Waals surface area contributed by atoms with E-state index < -0.39 is 17.8 Å². The van der Waals surface area contributed by atoms with E-state index in [2.05, 4.69) is 15.5 Å². The highest BCUT2D eigenvalue weighted by atomic mass is 16.5. The van der Waals surface area contributed by atoms with Gasteiger partial charge in [-0.05, 0) is 37.1 Å². The number of nitrogens with one attached hydrogen (secondary N) is 1. The molecule has 1 fully saturated rings. The lowest BCUT2D eigenvalue weighted by atomic mass is 9.73. The fourth-order valence-corrected chi connectivity index (χ4v) is 2.53. The van der Waals surface area contributed by atoms with Gasteiger partial charge in [-0.25, -0.2) is 0 Å². The van der Waals surface area contributed by atoms with Crippen LogP contribution in [0, 0.1) is 18.8 Å². The maximum atomic E-state index is 12.1. The summed E-state index contributed by atoms with van der Waals surface area (Å²) in [5, 5.41) is 15.5. The van der Waals surface area contributed by atoms with Gasteiger partial charge in [-0.3, -0.25) is 9.59 Å². The Hall–Kier alpha value is -2.90. The van der Waals surface area contributed by atoms with E-state index in [4.69, 9.17) is 14.4 Å². The van der Waals surface area contributed by atoms with Gasteiger partial charge in [-0.1, -0.05) is 5.16 Å². The van der Waals surface area contributed by atoms with E-state index in [0.29, 0.717) is 36.0 Å². The molecule has 2 N–H and O–H groups in total. The SMILES string of the molecule is Cc1nc(COc2ccc(NC(=O)C3CCC3C(=O)O)cc2)no1. The molecule has 1 aliphatic carbocycles. The predicted octanol–water partition coefficient (Wildman–Crippen LogP) is 2.01. The summed E-state index contributed by atoms with van der Waals surface area (Å²) in [6, 6.07) is 6.81. The number of benzene rings is 1. The van der Waals surface area contributed by atoms with E-state index in [1.807, 2.05) is 0 Å². The largest absolute Gasteiger partial charge is 0.485 e. The molecule has 1 saturated carbocycles. The molecule has 0 radical (unpaired) electrons. The molecule has 24 heavy (non-hydrogen) atoms. The molecule has 1 amide bonds. The van der Waals surface area contributed by atoms with Gasteiger partial charge in [0, 0.05) is 12.6 Å². The lowest BCUT2D eigenvalue weighted by molar-refractivity contribution is -0.151. The Labute approximate surface area is 137 Å². The first kappa shape index (κ1) is 16.0. The van der Waals surface area contributed by atoms with E-state index >= 15 is 0 Å². The smallest absolute Gasteiger partial charge is 0.307 e. The molecule has 8 heteroatoms. The first-order valence-electron chi connectivity index (χ1n) is 7.58. The molecule has 2 aromatic rings. The Morgan fingerprint density at radius 1 is 1.29 bits per heavy atom. The summed E-state index contributed by atoms with van der Waals surface area (Å²) in [4.78, 5) is 27.1. The maximum Gasteiger partial charge on any atom is 0.307 e. The first-order valence-corrected chi connectivity index (χ1v) is 7.58. The van der Waals surface area contributed by atoms with Crippen LogP contribution in [0.2, 0.25) is 0 Å². The van der Waals surface area contributed by atoms with E-state index in [1.165, 1.54) is 0 Å². The van der Waals surface area contributed by atoms with Gasteiger partial charge in [0.15, 0.2) is 6.61 Å². The summed E-state index contributed by atoms with van der Waals surface area (Å²) in [7, 11) is 0. The van der Waals surface area contributed by atoms with Gasteiger partial charge in [0.1, 0.15) is 5.75 Å². The average Bonchev–Trinajstić information content (AvgIpc) is 2.90. The van der Waals surface area contributed by atoms with Crippen LogP contribution in [0.15, 0.2) is 28.8 Å². The van der Waals surface area contributed by atoms with Crippen molar-refractivity contribution in [3.8, 4) is 5.75 Å². The normalized spacial score (nSPS) is 19.4. The van der Waals surface area contributed by atoms with E-state index in [1.54, 1.807) is 31.2 Å². The summed E-state index contributed by atoms with van der Waals surface area (Å²) in [6.45, 7) is 1.89. The zero-order chi connectivity index (χ0) is 17.1. The van der Waals surface area contributed by atoms with E-state index in [0.717, 1.165) is 0 Å². The fourth-order valence-electron chi connectivity index (χ4n) is 2.53. The third-order valence-corrected chi connectivity index (χ3v) is 3.99. The molecular weight excluding hydrogens is 314 g/mol. The van der Waals surface area contributed by atoms with Crippen molar-refractivity contribution in [3.63, 3.8) is 0 Å². The Kier molecular flexibility index (Phi) is 4.45. The summed E-state index contributed by atoms with van der Waals surface area (Å²) in [5.41, 5.74) is 0.596. The Balaban J connectivity index is 1.52. The van der Waals surface area contributed by atoms with Crippen molar-refractivity contribution in [2.75, 3.05) is 5.32 Å². The Bertz CT molecular complexity index is 740. The summed E-state index contributed by atoms with van der Waals surface area (Å²) >= 11 is 0. The standard InChI is InChI=1S/C16H17N3O5/c1-9-17-14(19-24-9)8-23-11-4-2-10(3-5-11)18-15(20)12-6-7-13(12)16(21)22/h2-5,12-13H,6-8H2,1H3,(H,18,20)(H,21,22). The monoisotopic (exact) mass is 331 g/mol. The molecule has 3 rings (SSSR count). The predicted molar refractivity (Wildman–Crippen MR) is 82.3 cm³/mol. The maximum absolute atomic E-state index is 12.1. The first-order chi connectivity index (χ1) is 11.5. The minimum absolute atomic E-state index is 0.186. The van der Waals surface area contributed by atoms with Gasteiger partial charge >= 0.3 is 5.97 Å². The lowest BCUT2D eigenvalue weighted by Gasteiger charge is -2.31. The Morgan fingerprint density at radius 3 is 2.54 bits per heavy atom. The fraction of sp³-hybridized carbons (Fsp3) is 0.375. The second kappa shape index (κ2) is 6.69. The van der Waals surface area contributed by atoms with Gasteiger partial charge in [-0.15, -0.1) is 0 Å². The van der Waals surface area contributed by atoms with Crippen molar-refractivity contribution < 1.29 is 24.0 Å². The van der Waals surface area contributed by atoms with Crippen LogP contribution in [0.25, 0.3) is 0 Å². The van der Waals surface area contributed by atoms with Crippen molar-refractivity contribution in [1.82, 2.24) is 10.1 Å². The second-order valence-electron chi connectivity index (χ2n) is 5.66. The van der Waals surface area contributed by atoms with Crippen molar-refractivity contribution in [1.29, 1.82) is 0 Å². The molecule has 2 unspecified atom stereocenters. The van der Waals surface area contributed by atoms with Gasteiger partial charge < -0.3 is 19.7 Å². The highest BCUT2D eigenvalue weighted by Crippen LogP contribution is 2.35. The molecule has 126 valence electrons. The zero-order valence-corrected chi connectivity index (χ0v) is 13.1. The third-order valence-electron chi connectivity index (χ3n) is 3.99. The topological polar surface area (TPSA) is 115 Å². The van der Waals surface area contributed by atoms with Gasteiger partial charge in [0.2, 0.25) is 17.6 Å². The molecular formula is C16H17N3O5. The van der Waals surface area contributed by atoms with Crippen LogP contribution in [0.1, 0.15) is 24.6 Å². The molecule has 0 spiro atoms. The number of hydrogen-bond acceptors (Lipinski definition) is 6. The molecule has 1 heterocycles. The number of ether oxygens (including phenoxy) is 1. The molecule has 8 nitrogen and oxygen atoms in total. The van der Waals surface area contributed by atoms with Gasteiger partial charge in [0.25, 0.3) is 0 Å². The number of carbonyl (C=O) groups is 2. The van der Waals surface area contributed by atoms with E-state index in [9.17, 15) is 9.59 Å². The van der Waals surface area contributed by atoms with Crippen molar-refractivity contribution >= 4 is 17.6 Å². The van der Waals surface area contributed by atoms with E-state index in [-0.39, 0.29) is 12.5 Å². The number of carboxylic acids is 1. The van der Waals surface area contributed by atoms with Gasteiger partial charge in [0.05, 0.1) is 11.8 Å². The lowest BCUT2D eigenvalue weighted by Crippen LogP contribution is -2.41.